The Kier molecular flexibility index (Phi) is 13.0. The zero-order valence-electron chi connectivity index (χ0n) is 25.7. The van der Waals surface area contributed by atoms with Gasteiger partial charge in [0.05, 0.1) is 5.69 Å². The number of ether oxygens (including phenoxy) is 1. The number of primary amides is 1. The van der Waals surface area contributed by atoms with Gasteiger partial charge in [-0.05, 0) is 66.1 Å². The Labute approximate surface area is 277 Å². The molecule has 5 rings (SSSR count). The molecule has 1 aliphatic heterocycles. The van der Waals surface area contributed by atoms with Crippen LogP contribution in [0.2, 0.25) is 0 Å². The molecule has 1 heterocycles. The number of carboxylic acids is 2. The number of para-hydroxylation sites is 2. The summed E-state index contributed by atoms with van der Waals surface area (Å²) < 4.78 is 37.1. The van der Waals surface area contributed by atoms with Crippen LogP contribution in [0.5, 0.6) is 5.75 Å². The third-order valence-electron chi connectivity index (χ3n) is 6.69. The van der Waals surface area contributed by atoms with Crippen LogP contribution in [-0.2, 0) is 22.6 Å². The molecule has 49 heavy (non-hydrogen) atoms. The van der Waals surface area contributed by atoms with Crippen molar-refractivity contribution in [2.24, 2.45) is 11.5 Å². The highest BCUT2D eigenvalue weighted by Crippen LogP contribution is 2.30. The number of carboxylic acid groups (broad SMARTS) is 2. The van der Waals surface area contributed by atoms with E-state index in [4.69, 9.17) is 31.2 Å². The molecule has 3 amide bonds. The summed E-state index contributed by atoms with van der Waals surface area (Å²) in [5.41, 5.74) is 14.7. The van der Waals surface area contributed by atoms with E-state index in [1.807, 2.05) is 24.3 Å². The van der Waals surface area contributed by atoms with Gasteiger partial charge in [0.1, 0.15) is 12.3 Å². The Morgan fingerprint density at radius 2 is 1.43 bits per heavy atom. The maximum absolute atomic E-state index is 12.6. The van der Waals surface area contributed by atoms with E-state index in [-0.39, 0.29) is 5.91 Å². The molecule has 0 aliphatic carbocycles. The van der Waals surface area contributed by atoms with Crippen LogP contribution >= 0.6 is 0 Å². The Morgan fingerprint density at radius 3 is 1.98 bits per heavy atom. The molecule has 0 atom stereocenters. The predicted molar refractivity (Wildman–Crippen MR) is 172 cm³/mol. The van der Waals surface area contributed by atoms with Crippen LogP contribution in [0.4, 0.5) is 29.3 Å². The van der Waals surface area contributed by atoms with E-state index >= 15 is 0 Å². The lowest BCUT2D eigenvalue weighted by molar-refractivity contribution is -0.192. The van der Waals surface area contributed by atoms with Crippen LogP contribution in [0, 0.1) is 0 Å². The van der Waals surface area contributed by atoms with E-state index < -0.39 is 36.7 Å². The summed E-state index contributed by atoms with van der Waals surface area (Å²) in [6.45, 7) is 0.463. The lowest BCUT2D eigenvalue weighted by Crippen LogP contribution is -2.35. The minimum atomic E-state index is -5.08. The minimum absolute atomic E-state index is 0.325. The van der Waals surface area contributed by atoms with Crippen LogP contribution in [0.1, 0.15) is 31.8 Å². The number of rotatable bonds is 7. The summed E-state index contributed by atoms with van der Waals surface area (Å²) in [6, 6.07) is 29.6. The van der Waals surface area contributed by atoms with Gasteiger partial charge in [-0.1, -0.05) is 54.6 Å². The number of alkyl halides is 3. The van der Waals surface area contributed by atoms with Gasteiger partial charge in [0.2, 0.25) is 5.91 Å². The van der Waals surface area contributed by atoms with Crippen molar-refractivity contribution < 1.29 is 52.1 Å². The summed E-state index contributed by atoms with van der Waals surface area (Å²) in [4.78, 5) is 58.8. The van der Waals surface area contributed by atoms with Crippen LogP contribution in [-0.4, -0.2) is 59.3 Å². The van der Waals surface area contributed by atoms with Gasteiger partial charge < -0.3 is 26.4 Å². The number of carbonyl (C=O) groups excluding carboxylic acids is 3. The molecule has 0 bridgehead atoms. The molecule has 0 spiro atoms. The highest BCUT2D eigenvalue weighted by molar-refractivity contribution is 6.08. The third kappa shape index (κ3) is 10.9. The van der Waals surface area contributed by atoms with Gasteiger partial charge in [0, 0.05) is 29.9 Å². The molecule has 0 aromatic heterocycles. The summed E-state index contributed by atoms with van der Waals surface area (Å²) in [7, 11) is 0. The molecule has 4 aromatic carbocycles. The van der Waals surface area contributed by atoms with Crippen LogP contribution in [0.25, 0.3) is 0 Å². The number of hydrogen-bond acceptors (Lipinski definition) is 7. The van der Waals surface area contributed by atoms with E-state index in [2.05, 4.69) is 0 Å². The highest BCUT2D eigenvalue weighted by Gasteiger charge is 2.38. The average Bonchev–Trinajstić information content (AvgIpc) is 3.51. The number of halogens is 3. The fourth-order valence-electron chi connectivity index (χ4n) is 4.38. The fraction of sp³-hybridized carbons (Fsp3) is 0.147. The smallest absolute Gasteiger partial charge is 0.480 e. The second-order valence-electron chi connectivity index (χ2n) is 10.1. The van der Waals surface area contributed by atoms with Crippen LogP contribution in [0.15, 0.2) is 103 Å². The first-order valence-corrected chi connectivity index (χ1v) is 14.4. The third-order valence-corrected chi connectivity index (χ3v) is 6.69. The molecule has 15 heteroatoms. The maximum atomic E-state index is 12.6. The van der Waals surface area contributed by atoms with Gasteiger partial charge in [0.15, 0.2) is 0 Å². The summed E-state index contributed by atoms with van der Waals surface area (Å²) >= 11 is 0. The van der Waals surface area contributed by atoms with Gasteiger partial charge in [-0.25, -0.2) is 9.59 Å². The minimum Gasteiger partial charge on any atom is -0.480 e. The Balaban J connectivity index is 0.000000223. The molecule has 4 aromatic rings. The SMILES string of the molecule is NC(=O)c1ccc2c(c1)N(C(=O)Oc1ccccc1)CC2.NCc1cccc(C(=O)N(CC(=O)O)c2ccccc2)c1.O=C(O)C(F)(F)F. The topological polar surface area (TPSA) is 194 Å². The Bertz CT molecular complexity index is 1790. The molecular weight excluding hydrogens is 649 g/mol. The van der Waals surface area contributed by atoms with Crippen molar-refractivity contribution in [2.45, 2.75) is 19.1 Å². The zero-order chi connectivity index (χ0) is 36.1. The van der Waals surface area contributed by atoms with Gasteiger partial charge in [-0.3, -0.25) is 24.2 Å². The Morgan fingerprint density at radius 1 is 0.816 bits per heavy atom. The largest absolute Gasteiger partial charge is 0.490 e. The lowest BCUT2D eigenvalue weighted by Gasteiger charge is -2.21. The number of amides is 3. The highest BCUT2D eigenvalue weighted by atomic mass is 19.4. The quantitative estimate of drug-likeness (QED) is 0.211. The molecule has 0 saturated carbocycles. The summed E-state index contributed by atoms with van der Waals surface area (Å²) in [6.07, 6.45) is -4.81. The normalized spacial score (nSPS) is 11.5. The van der Waals surface area contributed by atoms with E-state index in [1.165, 1.54) is 9.80 Å². The maximum Gasteiger partial charge on any atom is 0.490 e. The molecular formula is C34H31F3N4O8. The molecule has 256 valence electrons. The van der Waals surface area contributed by atoms with Crippen molar-refractivity contribution in [2.75, 3.05) is 22.9 Å². The number of anilines is 2. The zero-order valence-corrected chi connectivity index (χ0v) is 25.7. The van der Waals surface area contributed by atoms with E-state index in [0.717, 1.165) is 17.5 Å². The molecule has 1 aliphatic rings. The lowest BCUT2D eigenvalue weighted by atomic mass is 10.1. The average molecular weight is 681 g/mol. The van der Waals surface area contributed by atoms with Gasteiger partial charge >= 0.3 is 24.2 Å². The molecule has 12 nitrogen and oxygen atoms in total. The van der Waals surface area contributed by atoms with E-state index in [0.29, 0.717) is 41.3 Å². The number of fused-ring (bicyclic) bond motifs is 1. The summed E-state index contributed by atoms with van der Waals surface area (Å²) in [5, 5.41) is 16.2. The van der Waals surface area contributed by atoms with Gasteiger partial charge in [-0.2, -0.15) is 13.2 Å². The monoisotopic (exact) mass is 680 g/mol. The number of aliphatic carboxylic acids is 2. The van der Waals surface area contributed by atoms with Crippen molar-refractivity contribution in [3.63, 3.8) is 0 Å². The van der Waals surface area contributed by atoms with E-state index in [1.54, 1.807) is 78.9 Å². The van der Waals surface area contributed by atoms with Gasteiger partial charge in [-0.15, -0.1) is 0 Å². The Hall–Kier alpha value is -6.22. The van der Waals surface area contributed by atoms with Crippen LogP contribution in [0.3, 0.4) is 0 Å². The summed E-state index contributed by atoms with van der Waals surface area (Å²) in [5.74, 6) is -4.21. The fourth-order valence-corrected chi connectivity index (χ4v) is 4.38. The molecule has 0 radical (unpaired) electrons. The second kappa shape index (κ2) is 17.1. The van der Waals surface area contributed by atoms with E-state index in [9.17, 15) is 32.3 Å². The van der Waals surface area contributed by atoms with Crippen molar-refractivity contribution in [3.05, 3.63) is 125 Å². The first-order chi connectivity index (χ1) is 23.2. The molecule has 0 saturated heterocycles. The van der Waals surface area contributed by atoms with Gasteiger partial charge in [0.25, 0.3) is 5.91 Å². The number of carbonyl (C=O) groups is 5. The molecule has 6 N–H and O–H groups in total. The standard InChI is InChI=1S/C16H14N2O3.C16H16N2O3.C2HF3O2/c17-15(19)12-7-6-11-8-9-18(14(11)10-12)16(20)21-13-4-2-1-3-5-13;17-10-12-5-4-6-13(9-12)16(21)18(11-15(19)20)14-7-2-1-3-8-14;3-2(4,5)1(6)7/h1-7,10H,8-9H2,(H2,17,19);1-9H,10-11,17H2,(H,19,20);(H,6,7). The first kappa shape index (κ1) is 37.2. The molecule has 0 fully saturated rings. The first-order valence-electron chi connectivity index (χ1n) is 14.4. The number of nitrogens with two attached hydrogens (primary N) is 2. The van der Waals surface area contributed by atoms with Crippen molar-refractivity contribution >= 4 is 41.2 Å². The second-order valence-corrected chi connectivity index (χ2v) is 10.1. The number of nitrogens with zero attached hydrogens (tertiary/aromatic N) is 2. The van der Waals surface area contributed by atoms with Crippen molar-refractivity contribution in [1.82, 2.24) is 0 Å². The predicted octanol–water partition coefficient (Wildman–Crippen LogP) is 4.86. The number of hydrogen-bond donors (Lipinski definition) is 4. The number of benzene rings is 4. The van der Waals surface area contributed by atoms with Crippen molar-refractivity contribution in [3.8, 4) is 5.75 Å². The molecule has 0 unspecified atom stereocenters. The van der Waals surface area contributed by atoms with Crippen LogP contribution < -0.4 is 26.0 Å². The van der Waals surface area contributed by atoms with Crippen molar-refractivity contribution in [1.29, 1.82) is 0 Å².